The highest BCUT2D eigenvalue weighted by Gasteiger charge is 2.50. The van der Waals surface area contributed by atoms with Crippen molar-refractivity contribution in [3.05, 3.63) is 0 Å². The number of hydrogen-bond donors (Lipinski definition) is 7. The van der Waals surface area contributed by atoms with E-state index in [1.807, 2.05) is 6.92 Å². The molecule has 0 aromatic rings. The molecule has 0 aliphatic carbocycles. The lowest BCUT2D eigenvalue weighted by molar-refractivity contribution is -0.360. The van der Waals surface area contributed by atoms with Crippen molar-refractivity contribution in [3.8, 4) is 0 Å². The zero-order valence-electron chi connectivity index (χ0n) is 27.0. The van der Waals surface area contributed by atoms with Crippen molar-refractivity contribution in [1.82, 2.24) is 0 Å². The normalized spacial score (nSPS) is 33.5. The largest absolute Gasteiger partial charge is 0.394 e. The molecule has 2 saturated heterocycles. The molecule has 0 saturated carbocycles. The molecule has 12 heteroatoms. The fourth-order valence-electron chi connectivity index (χ4n) is 5.80. The van der Waals surface area contributed by atoms with Crippen molar-refractivity contribution in [2.75, 3.05) is 19.0 Å². The van der Waals surface area contributed by atoms with E-state index in [4.69, 9.17) is 18.9 Å². The van der Waals surface area contributed by atoms with Crippen molar-refractivity contribution in [3.63, 3.8) is 0 Å². The van der Waals surface area contributed by atoms with Crippen LogP contribution in [0.15, 0.2) is 0 Å². The zero-order valence-corrected chi connectivity index (χ0v) is 27.8. The number of rotatable bonds is 24. The van der Waals surface area contributed by atoms with E-state index in [0.29, 0.717) is 0 Å². The number of aliphatic hydroxyl groups excluding tert-OH is 7. The van der Waals surface area contributed by atoms with Gasteiger partial charge in [0, 0.05) is 0 Å². The summed E-state index contributed by atoms with van der Waals surface area (Å²) in [5.41, 5.74) is -0.333. The zero-order chi connectivity index (χ0) is 32.3. The van der Waals surface area contributed by atoms with Crippen LogP contribution in [0.2, 0.25) is 0 Å². The van der Waals surface area contributed by atoms with E-state index >= 15 is 0 Å². The van der Waals surface area contributed by atoms with E-state index in [1.165, 1.54) is 89.9 Å². The fourth-order valence-corrected chi connectivity index (χ4v) is 6.69. The molecule has 2 aliphatic rings. The Kier molecular flexibility index (Phi) is 21.2. The standard InChI is InChI=1S/C32H62O11S/c1-3-4-5-6-7-8-9-10-11-12-13-14-15-16-17-18-19-44-22(2)40-31-29(39)27(37)30(24(21-34)42-31)43-32-28(38)26(36)25(35)23(20-33)41-32/h22-39H,3-21H2,1-2H3/t22?,23-,24-,25+,26+,27-,28-,29-,30+,31-,32-/m1/s1. The molecule has 11 atom stereocenters. The molecular formula is C32H62O11S. The first-order chi connectivity index (χ1) is 21.2. The first kappa shape index (κ1) is 40.1. The third kappa shape index (κ3) is 13.9. The average Bonchev–Trinajstić information content (AvgIpc) is 3.02. The Morgan fingerprint density at radius 2 is 1.02 bits per heavy atom. The summed E-state index contributed by atoms with van der Waals surface area (Å²) in [7, 11) is 0. The maximum absolute atomic E-state index is 10.8. The average molecular weight is 655 g/mol. The van der Waals surface area contributed by atoms with Crippen LogP contribution in [0.3, 0.4) is 0 Å². The third-order valence-electron chi connectivity index (χ3n) is 8.64. The van der Waals surface area contributed by atoms with Gasteiger partial charge in [-0.1, -0.05) is 103 Å². The highest BCUT2D eigenvalue weighted by molar-refractivity contribution is 7.99. The monoisotopic (exact) mass is 654 g/mol. The number of hydrogen-bond acceptors (Lipinski definition) is 12. The van der Waals surface area contributed by atoms with Crippen molar-refractivity contribution in [2.45, 2.75) is 183 Å². The molecule has 0 amide bonds. The van der Waals surface area contributed by atoms with Crippen LogP contribution < -0.4 is 0 Å². The quantitative estimate of drug-likeness (QED) is 0.0599. The van der Waals surface area contributed by atoms with Crippen LogP contribution in [0.5, 0.6) is 0 Å². The Bertz CT molecular complexity index is 703. The summed E-state index contributed by atoms with van der Waals surface area (Å²) in [5, 5.41) is 70.9. The van der Waals surface area contributed by atoms with E-state index < -0.39 is 74.6 Å². The SMILES string of the molecule is CCCCCCCCCCCCCCCCCCSC(C)O[C@@H]1O[C@H](CO)[C@H](O[C@H]2O[C@H](CO)[C@H](O)[C@H](O)[C@H]2O)[C@H](O)[C@H]1O. The van der Waals surface area contributed by atoms with Crippen molar-refractivity contribution >= 4 is 11.8 Å². The van der Waals surface area contributed by atoms with Gasteiger partial charge in [0.15, 0.2) is 12.6 Å². The highest BCUT2D eigenvalue weighted by Crippen LogP contribution is 2.31. The van der Waals surface area contributed by atoms with Gasteiger partial charge in [0.05, 0.1) is 13.2 Å². The summed E-state index contributed by atoms with van der Waals surface area (Å²) in [6.07, 6.45) is 6.61. The maximum Gasteiger partial charge on any atom is 0.188 e. The smallest absolute Gasteiger partial charge is 0.188 e. The van der Waals surface area contributed by atoms with Crippen LogP contribution in [0, 0.1) is 0 Å². The maximum atomic E-state index is 10.8. The minimum absolute atomic E-state index is 0.333. The number of thioether (sulfide) groups is 1. The van der Waals surface area contributed by atoms with E-state index in [-0.39, 0.29) is 5.44 Å². The number of aliphatic hydroxyl groups is 7. The first-order valence-electron chi connectivity index (χ1n) is 17.1. The Hall–Kier alpha value is -0.0900. The van der Waals surface area contributed by atoms with Gasteiger partial charge < -0.3 is 54.7 Å². The van der Waals surface area contributed by atoms with Crippen LogP contribution in [0.25, 0.3) is 0 Å². The molecule has 0 spiro atoms. The second-order valence-corrected chi connectivity index (χ2v) is 13.8. The van der Waals surface area contributed by atoms with E-state index in [1.54, 1.807) is 11.8 Å². The molecule has 2 heterocycles. The molecule has 7 N–H and O–H groups in total. The van der Waals surface area contributed by atoms with Gasteiger partial charge in [-0.15, -0.1) is 11.8 Å². The van der Waals surface area contributed by atoms with E-state index in [0.717, 1.165) is 18.6 Å². The van der Waals surface area contributed by atoms with E-state index in [2.05, 4.69) is 6.92 Å². The second-order valence-electron chi connectivity index (χ2n) is 12.4. The minimum atomic E-state index is -1.70. The van der Waals surface area contributed by atoms with Gasteiger partial charge in [0.25, 0.3) is 0 Å². The molecule has 2 rings (SSSR count). The second kappa shape index (κ2) is 23.3. The van der Waals surface area contributed by atoms with Gasteiger partial charge in [0.1, 0.15) is 54.3 Å². The number of unbranched alkanes of at least 4 members (excludes halogenated alkanes) is 15. The summed E-state index contributed by atoms with van der Waals surface area (Å²) in [5.74, 6) is 0.886. The van der Waals surface area contributed by atoms with Gasteiger partial charge in [-0.25, -0.2) is 0 Å². The van der Waals surface area contributed by atoms with Crippen LogP contribution in [-0.4, -0.2) is 122 Å². The molecule has 262 valence electrons. The van der Waals surface area contributed by atoms with Crippen LogP contribution in [0.1, 0.15) is 117 Å². The van der Waals surface area contributed by atoms with Gasteiger partial charge in [-0.3, -0.25) is 0 Å². The summed E-state index contributed by atoms with van der Waals surface area (Å²) in [6, 6.07) is 0. The lowest BCUT2D eigenvalue weighted by atomic mass is 9.97. The van der Waals surface area contributed by atoms with Gasteiger partial charge in [-0.05, 0) is 19.1 Å². The van der Waals surface area contributed by atoms with E-state index in [9.17, 15) is 35.7 Å². The molecular weight excluding hydrogens is 592 g/mol. The van der Waals surface area contributed by atoms with Gasteiger partial charge in [-0.2, -0.15) is 0 Å². The first-order valence-corrected chi connectivity index (χ1v) is 18.1. The Balaban J connectivity index is 1.57. The summed E-state index contributed by atoms with van der Waals surface area (Å²) < 4.78 is 22.5. The lowest BCUT2D eigenvalue weighted by Crippen LogP contribution is -2.64. The molecule has 44 heavy (non-hydrogen) atoms. The van der Waals surface area contributed by atoms with Crippen LogP contribution >= 0.6 is 11.8 Å². The predicted octanol–water partition coefficient (Wildman–Crippen LogP) is 2.97. The fraction of sp³-hybridized carbons (Fsp3) is 1.00. The minimum Gasteiger partial charge on any atom is -0.394 e. The topological polar surface area (TPSA) is 179 Å². The van der Waals surface area contributed by atoms with Gasteiger partial charge >= 0.3 is 0 Å². The Morgan fingerprint density at radius 1 is 0.568 bits per heavy atom. The summed E-state index contributed by atoms with van der Waals surface area (Å²) >= 11 is 1.58. The lowest BCUT2D eigenvalue weighted by Gasteiger charge is -2.46. The summed E-state index contributed by atoms with van der Waals surface area (Å²) in [4.78, 5) is 0. The Labute approximate surface area is 268 Å². The Morgan fingerprint density at radius 3 is 1.52 bits per heavy atom. The van der Waals surface area contributed by atoms with Crippen molar-refractivity contribution in [1.29, 1.82) is 0 Å². The molecule has 2 aliphatic heterocycles. The number of ether oxygens (including phenoxy) is 4. The van der Waals surface area contributed by atoms with Crippen molar-refractivity contribution in [2.24, 2.45) is 0 Å². The molecule has 2 fully saturated rings. The highest BCUT2D eigenvalue weighted by atomic mass is 32.2. The summed E-state index contributed by atoms with van der Waals surface area (Å²) in [6.45, 7) is 2.86. The molecule has 0 radical (unpaired) electrons. The molecule has 0 bridgehead atoms. The van der Waals surface area contributed by atoms with Crippen LogP contribution in [-0.2, 0) is 18.9 Å². The molecule has 0 aromatic heterocycles. The van der Waals surface area contributed by atoms with Crippen molar-refractivity contribution < 1.29 is 54.7 Å². The third-order valence-corrected chi connectivity index (χ3v) is 9.74. The van der Waals surface area contributed by atoms with Crippen LogP contribution in [0.4, 0.5) is 0 Å². The predicted molar refractivity (Wildman–Crippen MR) is 169 cm³/mol. The molecule has 1 unspecified atom stereocenters. The molecule has 0 aromatic carbocycles. The van der Waals surface area contributed by atoms with Gasteiger partial charge in [0.2, 0.25) is 0 Å². The molecule has 11 nitrogen and oxygen atoms in total.